The summed E-state index contributed by atoms with van der Waals surface area (Å²) in [6, 6.07) is 13.5. The quantitative estimate of drug-likeness (QED) is 0.0513. The van der Waals surface area contributed by atoms with E-state index in [2.05, 4.69) is 21.3 Å². The van der Waals surface area contributed by atoms with Crippen molar-refractivity contribution in [1.82, 2.24) is 36.0 Å². The van der Waals surface area contributed by atoms with Gasteiger partial charge in [0.2, 0.25) is 23.6 Å². The topological polar surface area (TPSA) is 223 Å². The van der Waals surface area contributed by atoms with Gasteiger partial charge in [0.05, 0.1) is 33.0 Å². The Hall–Kier alpha value is -5.79. The molecule has 406 valence electrons. The predicted octanol–water partition coefficient (Wildman–Crippen LogP) is 4.78. The van der Waals surface area contributed by atoms with Crippen LogP contribution in [0.4, 0.5) is 9.59 Å². The fraction of sp³-hybridized carbons (Fsp3) is 0.648. The van der Waals surface area contributed by atoms with Gasteiger partial charge in [-0.25, -0.2) is 9.59 Å². The maximum absolute atomic E-state index is 14.7. The lowest BCUT2D eigenvalue weighted by molar-refractivity contribution is -0.160. The van der Waals surface area contributed by atoms with Crippen LogP contribution in [0.1, 0.15) is 106 Å². The van der Waals surface area contributed by atoms with Gasteiger partial charge >= 0.3 is 18.2 Å². The van der Waals surface area contributed by atoms with Gasteiger partial charge in [-0.15, -0.1) is 0 Å². The van der Waals surface area contributed by atoms with Crippen LogP contribution in [0.5, 0.6) is 0 Å². The van der Waals surface area contributed by atoms with Crippen molar-refractivity contribution < 1.29 is 57.2 Å². The third-order valence-corrected chi connectivity index (χ3v) is 12.1. The summed E-state index contributed by atoms with van der Waals surface area (Å²) in [6.07, 6.45) is 0.954. The van der Waals surface area contributed by atoms with Crippen molar-refractivity contribution in [3.63, 3.8) is 0 Å². The summed E-state index contributed by atoms with van der Waals surface area (Å²) < 4.78 is 27.1. The average Bonchev–Trinajstić information content (AvgIpc) is 3.30. The van der Waals surface area contributed by atoms with Crippen LogP contribution in [0.3, 0.4) is 0 Å². The highest BCUT2D eigenvalue weighted by atomic mass is 16.6. The Morgan fingerprint density at radius 1 is 0.671 bits per heavy atom. The zero-order valence-corrected chi connectivity index (χ0v) is 44.9. The lowest BCUT2D eigenvalue weighted by Crippen LogP contribution is -2.72. The number of benzene rings is 2. The maximum atomic E-state index is 14.7. The lowest BCUT2D eigenvalue weighted by Gasteiger charge is -2.56. The van der Waals surface area contributed by atoms with Crippen LogP contribution >= 0.6 is 0 Å². The molecule has 0 aromatic heterocycles. The smallest absolute Gasteiger partial charge is 0.410 e. The molecule has 2 bridgehead atoms. The van der Waals surface area contributed by atoms with Crippen LogP contribution < -0.4 is 21.3 Å². The molecule has 3 heterocycles. The van der Waals surface area contributed by atoms with E-state index in [0.29, 0.717) is 45.7 Å². The zero-order chi connectivity index (χ0) is 53.7. The van der Waals surface area contributed by atoms with Crippen molar-refractivity contribution in [3.8, 4) is 0 Å². The molecule has 4 N–H and O–H groups in total. The molecule has 0 aliphatic carbocycles. The van der Waals surface area contributed by atoms with Gasteiger partial charge in [-0.3, -0.25) is 28.9 Å². The molecule has 6 amide bonds. The first-order chi connectivity index (χ1) is 34.5. The molecule has 3 aliphatic rings. The van der Waals surface area contributed by atoms with Crippen LogP contribution in [-0.2, 0) is 60.5 Å². The number of rotatable bonds is 28. The van der Waals surface area contributed by atoms with Crippen molar-refractivity contribution in [2.75, 3.05) is 66.3 Å². The second-order valence-electron chi connectivity index (χ2n) is 21.2. The van der Waals surface area contributed by atoms with Crippen LogP contribution in [0.25, 0.3) is 0 Å². The van der Waals surface area contributed by atoms with Crippen molar-refractivity contribution in [2.45, 2.75) is 155 Å². The number of piperidine rings is 1. The minimum absolute atomic E-state index is 0.0601. The number of nitrogens with one attached hydrogen (secondary N) is 4. The van der Waals surface area contributed by atoms with Crippen LogP contribution in [0.15, 0.2) is 60.7 Å². The molecular formula is C54H83N7O12. The molecule has 6 unspecified atom stereocenters. The summed E-state index contributed by atoms with van der Waals surface area (Å²) in [5.41, 5.74) is -0.0658. The van der Waals surface area contributed by atoms with Crippen LogP contribution in [-0.4, -0.2) is 170 Å². The number of methoxy groups -OCH3 is 1. The number of carbonyl (C=O) groups is 7. The van der Waals surface area contributed by atoms with Crippen molar-refractivity contribution in [3.05, 3.63) is 71.8 Å². The van der Waals surface area contributed by atoms with Gasteiger partial charge in [0, 0.05) is 58.2 Å². The van der Waals surface area contributed by atoms with Crippen molar-refractivity contribution in [1.29, 1.82) is 0 Å². The number of hydrogen-bond donors (Lipinski definition) is 4. The molecule has 3 aliphatic heterocycles. The van der Waals surface area contributed by atoms with E-state index in [1.807, 2.05) is 79.4 Å². The van der Waals surface area contributed by atoms with Gasteiger partial charge in [0.25, 0.3) is 0 Å². The molecular weight excluding hydrogens is 939 g/mol. The first-order valence-electron chi connectivity index (χ1n) is 25.8. The molecule has 19 heteroatoms. The number of alkyl carbamates (subject to hydrolysis) is 1. The standard InChI is InChI=1S/C54H83N7O12/c1-11-71-46(62)36-59-34-40-33-41(35-59)61(40)50(66)42(24-18-19-25-60(26-27-70-29-28-69-10)52(68)73-54(7,8)9)55-47(63)43(30-37(2)3)56-48(64)44(31-38-20-14-12-15-21-38)57-49(65)45(32-39-22-16-13-17-23-39)58-51(67)72-53(4,5)6/h12-17,20-23,37,40-45H,11,18-19,24-36H2,1-10H3,(H,55,63)(H,56,64)(H,57,65)(H,58,67). The number of piperazine rings is 1. The fourth-order valence-corrected chi connectivity index (χ4v) is 8.79. The molecule has 0 saturated carbocycles. The number of carbonyl (C=O) groups excluding carboxylic acids is 7. The Morgan fingerprint density at radius 2 is 1.21 bits per heavy atom. The first kappa shape index (κ1) is 59.8. The van der Waals surface area contributed by atoms with Gasteiger partial charge < -0.3 is 54.8 Å². The molecule has 3 fully saturated rings. The highest BCUT2D eigenvalue weighted by Crippen LogP contribution is 2.33. The normalized spacial score (nSPS) is 17.2. The van der Waals surface area contributed by atoms with E-state index in [4.69, 9.17) is 23.7 Å². The molecule has 5 rings (SSSR count). The third-order valence-electron chi connectivity index (χ3n) is 12.1. The zero-order valence-electron chi connectivity index (χ0n) is 44.9. The second-order valence-corrected chi connectivity index (χ2v) is 21.2. The number of amides is 6. The highest BCUT2D eigenvalue weighted by Gasteiger charge is 2.49. The molecule has 0 spiro atoms. The number of unbranched alkanes of at least 4 members (excludes halogenated alkanes) is 1. The Labute approximate surface area is 432 Å². The number of hydrogen-bond acceptors (Lipinski definition) is 13. The van der Waals surface area contributed by atoms with Gasteiger partial charge in [-0.2, -0.15) is 0 Å². The minimum Gasteiger partial charge on any atom is -0.465 e. The number of nitrogens with zero attached hydrogens (tertiary/aromatic N) is 3. The summed E-state index contributed by atoms with van der Waals surface area (Å²) in [5.74, 6) is -2.53. The summed E-state index contributed by atoms with van der Waals surface area (Å²) >= 11 is 0. The number of esters is 1. The van der Waals surface area contributed by atoms with Gasteiger partial charge in [-0.1, -0.05) is 74.5 Å². The summed E-state index contributed by atoms with van der Waals surface area (Å²) in [6.45, 7) is 19.0. The highest BCUT2D eigenvalue weighted by molar-refractivity contribution is 5.95. The van der Waals surface area contributed by atoms with E-state index in [1.165, 1.54) is 0 Å². The molecule has 19 nitrogen and oxygen atoms in total. The van der Waals surface area contributed by atoms with E-state index in [0.717, 1.165) is 17.5 Å². The number of ether oxygens (including phenoxy) is 5. The number of fused-ring (bicyclic) bond motifs is 2. The summed E-state index contributed by atoms with van der Waals surface area (Å²) in [7, 11) is 1.58. The predicted molar refractivity (Wildman–Crippen MR) is 275 cm³/mol. The average molecular weight is 1020 g/mol. The van der Waals surface area contributed by atoms with Gasteiger partial charge in [0.15, 0.2) is 0 Å². The summed E-state index contributed by atoms with van der Waals surface area (Å²) in [5, 5.41) is 11.5. The third kappa shape index (κ3) is 21.3. The van der Waals surface area contributed by atoms with Gasteiger partial charge in [0.1, 0.15) is 35.4 Å². The monoisotopic (exact) mass is 1020 g/mol. The molecule has 73 heavy (non-hydrogen) atoms. The van der Waals surface area contributed by atoms with Crippen molar-refractivity contribution in [2.24, 2.45) is 5.92 Å². The largest absolute Gasteiger partial charge is 0.465 e. The molecule has 2 aromatic rings. The van der Waals surface area contributed by atoms with Crippen molar-refractivity contribution >= 4 is 41.8 Å². The van der Waals surface area contributed by atoms with E-state index in [1.54, 1.807) is 65.4 Å². The second kappa shape index (κ2) is 29.2. The Bertz CT molecular complexity index is 2070. The molecule has 6 atom stereocenters. The lowest BCUT2D eigenvalue weighted by atomic mass is 9.86. The molecule has 3 saturated heterocycles. The van der Waals surface area contributed by atoms with E-state index in [-0.39, 0.29) is 81.9 Å². The van der Waals surface area contributed by atoms with Crippen LogP contribution in [0.2, 0.25) is 0 Å². The Morgan fingerprint density at radius 3 is 1.74 bits per heavy atom. The SMILES string of the molecule is CCOC(=O)CN1CC2CC(C1)N2C(=O)C(CCCCN(CCOCCOC)C(=O)OC(C)(C)C)NC(=O)C(CC(C)C)NC(=O)C(Cc1ccccc1)NC(=O)C(Cc1ccccc1)NC(=O)OC(C)(C)C. The van der Waals surface area contributed by atoms with Gasteiger partial charge in [-0.05, 0) is 97.6 Å². The van der Waals surface area contributed by atoms with Crippen LogP contribution in [0, 0.1) is 5.92 Å². The maximum Gasteiger partial charge on any atom is 0.410 e. The summed E-state index contributed by atoms with van der Waals surface area (Å²) in [4.78, 5) is 102. The molecule has 0 radical (unpaired) electrons. The molecule has 2 aromatic carbocycles. The minimum atomic E-state index is -1.19. The fourth-order valence-electron chi connectivity index (χ4n) is 8.79. The van der Waals surface area contributed by atoms with E-state index >= 15 is 0 Å². The first-order valence-corrected chi connectivity index (χ1v) is 25.8. The Kier molecular flexibility index (Phi) is 23.9. The van der Waals surface area contributed by atoms with E-state index < -0.39 is 65.3 Å². The Balaban J connectivity index is 1.57. The van der Waals surface area contributed by atoms with E-state index in [9.17, 15) is 33.6 Å².